The van der Waals surface area contributed by atoms with Crippen LogP contribution in [0.2, 0.25) is 0 Å². The second-order valence-electron chi connectivity index (χ2n) is 6.83. The van der Waals surface area contributed by atoms with Crippen LogP contribution < -0.4 is 11.1 Å². The molecule has 0 bridgehead atoms. The molecule has 1 heterocycles. The van der Waals surface area contributed by atoms with Crippen LogP contribution in [0.1, 0.15) is 50.7 Å². The third-order valence-electron chi connectivity index (χ3n) is 4.16. The van der Waals surface area contributed by atoms with Crippen molar-refractivity contribution in [1.82, 2.24) is 10.3 Å². The van der Waals surface area contributed by atoms with E-state index in [4.69, 9.17) is 10.5 Å². The number of hydrogen-bond acceptors (Lipinski definition) is 4. The van der Waals surface area contributed by atoms with Crippen LogP contribution >= 0.6 is 15.9 Å². The minimum Gasteiger partial charge on any atom is -0.397 e. The summed E-state index contributed by atoms with van der Waals surface area (Å²) in [6, 6.07) is 1.36. The summed E-state index contributed by atoms with van der Waals surface area (Å²) < 4.78 is 33.7. The predicted octanol–water partition coefficient (Wildman–Crippen LogP) is 3.51. The van der Waals surface area contributed by atoms with E-state index in [9.17, 15) is 13.6 Å². The molecule has 0 saturated heterocycles. The largest absolute Gasteiger partial charge is 0.397 e. The molecule has 0 aliphatic heterocycles. The predicted molar refractivity (Wildman–Crippen MR) is 93.4 cm³/mol. The van der Waals surface area contributed by atoms with Crippen molar-refractivity contribution >= 4 is 27.5 Å². The Hall–Kier alpha value is -1.28. The van der Waals surface area contributed by atoms with Crippen molar-refractivity contribution in [3.8, 4) is 0 Å². The Morgan fingerprint density at radius 2 is 1.88 bits per heavy atom. The number of alkyl halides is 2. The number of ether oxygens (including phenoxy) is 1. The maximum atomic E-state index is 14.3. The highest BCUT2D eigenvalue weighted by atomic mass is 79.9. The van der Waals surface area contributed by atoms with E-state index in [1.165, 1.54) is 40.9 Å². The summed E-state index contributed by atoms with van der Waals surface area (Å²) in [4.78, 5) is 16.4. The van der Waals surface area contributed by atoms with Crippen LogP contribution in [0.4, 0.5) is 14.5 Å². The number of hydrogen-bond donors (Lipinski definition) is 2. The lowest BCUT2D eigenvalue weighted by Gasteiger charge is -2.37. The first-order chi connectivity index (χ1) is 10.7. The number of amides is 1. The smallest absolute Gasteiger partial charge is 0.272 e. The van der Waals surface area contributed by atoms with Gasteiger partial charge in [0.1, 0.15) is 21.5 Å². The summed E-state index contributed by atoms with van der Waals surface area (Å²) in [6.07, 6.45) is 0. The second-order valence-corrected chi connectivity index (χ2v) is 7.58. The Balaban J connectivity index is 3.04. The van der Waals surface area contributed by atoms with Crippen molar-refractivity contribution in [3.63, 3.8) is 0 Å². The van der Waals surface area contributed by atoms with Gasteiger partial charge in [0.15, 0.2) is 5.69 Å². The van der Waals surface area contributed by atoms with Crippen molar-refractivity contribution in [3.05, 3.63) is 21.9 Å². The van der Waals surface area contributed by atoms with Crippen molar-refractivity contribution in [2.75, 3.05) is 19.4 Å². The maximum Gasteiger partial charge on any atom is 0.272 e. The third-order valence-corrected chi connectivity index (χ3v) is 4.76. The van der Waals surface area contributed by atoms with Gasteiger partial charge in [-0.2, -0.15) is 0 Å². The Labute approximate surface area is 149 Å². The highest BCUT2D eigenvalue weighted by Gasteiger charge is 2.42. The van der Waals surface area contributed by atoms with Crippen LogP contribution in [0, 0.1) is 0 Å². The summed E-state index contributed by atoms with van der Waals surface area (Å²) in [7, 11) is 1.37. The summed E-state index contributed by atoms with van der Waals surface area (Å²) in [5, 5.41) is 2.56. The molecular formula is C16H24BrF2N3O2. The molecule has 0 aliphatic carbocycles. The number of carbonyl (C=O) groups is 1. The first-order valence-electron chi connectivity index (χ1n) is 7.40. The Bertz CT molecular complexity index is 627. The number of halogens is 3. The van der Waals surface area contributed by atoms with Crippen LogP contribution in [0.3, 0.4) is 0 Å². The molecule has 0 aliphatic rings. The number of nitrogens with one attached hydrogen (secondary N) is 1. The third kappa shape index (κ3) is 4.42. The number of nitrogens with zero attached hydrogens (tertiary/aromatic N) is 1. The molecule has 1 amide bonds. The minimum atomic E-state index is -1.68. The van der Waals surface area contributed by atoms with Gasteiger partial charge in [0.05, 0.1) is 5.69 Å². The Morgan fingerprint density at radius 3 is 2.29 bits per heavy atom. The zero-order chi connectivity index (χ0) is 18.9. The van der Waals surface area contributed by atoms with Gasteiger partial charge in [-0.3, -0.25) is 4.79 Å². The van der Waals surface area contributed by atoms with Crippen molar-refractivity contribution in [1.29, 1.82) is 0 Å². The van der Waals surface area contributed by atoms with Gasteiger partial charge >= 0.3 is 0 Å². The van der Waals surface area contributed by atoms with Crippen LogP contribution in [-0.2, 0) is 10.4 Å². The van der Waals surface area contributed by atoms with E-state index in [2.05, 4.69) is 26.2 Å². The van der Waals surface area contributed by atoms with Crippen molar-refractivity contribution in [2.45, 2.75) is 51.6 Å². The fourth-order valence-electron chi connectivity index (χ4n) is 1.96. The van der Waals surface area contributed by atoms with Crippen LogP contribution in [0.25, 0.3) is 0 Å². The van der Waals surface area contributed by atoms with E-state index in [-0.39, 0.29) is 28.1 Å². The van der Waals surface area contributed by atoms with E-state index in [0.717, 1.165) is 0 Å². The van der Waals surface area contributed by atoms with E-state index in [1.807, 2.05) is 0 Å². The topological polar surface area (TPSA) is 77.2 Å². The zero-order valence-electron chi connectivity index (χ0n) is 14.8. The van der Waals surface area contributed by atoms with Gasteiger partial charge in [-0.1, -0.05) is 0 Å². The molecule has 0 fully saturated rings. The summed E-state index contributed by atoms with van der Waals surface area (Å²) in [5.74, 6) is -0.594. The van der Waals surface area contributed by atoms with E-state index in [1.54, 1.807) is 6.92 Å². The second kappa shape index (κ2) is 6.92. The molecule has 0 spiro atoms. The molecule has 8 heteroatoms. The fraction of sp³-hybridized carbons (Fsp3) is 0.625. The molecule has 5 nitrogen and oxygen atoms in total. The monoisotopic (exact) mass is 407 g/mol. The van der Waals surface area contributed by atoms with Gasteiger partial charge in [-0.05, 0) is 56.6 Å². The zero-order valence-corrected chi connectivity index (χ0v) is 16.3. The van der Waals surface area contributed by atoms with Gasteiger partial charge in [0.2, 0.25) is 0 Å². The number of nitrogens with two attached hydrogens (primary N) is 1. The lowest BCUT2D eigenvalue weighted by atomic mass is 9.89. The fourth-order valence-corrected chi connectivity index (χ4v) is 2.73. The molecule has 0 saturated carbocycles. The normalized spacial score (nSPS) is 15.0. The highest BCUT2D eigenvalue weighted by Crippen LogP contribution is 2.33. The number of anilines is 1. The first kappa shape index (κ1) is 20.8. The molecule has 1 unspecified atom stereocenters. The minimum absolute atomic E-state index is 0.0371. The lowest BCUT2D eigenvalue weighted by molar-refractivity contribution is -0.0961. The number of carbonyl (C=O) groups excluding carboxylic acids is 1. The number of pyridine rings is 1. The van der Waals surface area contributed by atoms with Crippen molar-refractivity contribution in [2.24, 2.45) is 0 Å². The molecule has 1 aromatic rings. The molecule has 1 atom stereocenters. The molecule has 24 heavy (non-hydrogen) atoms. The molecule has 0 aromatic carbocycles. The maximum absolute atomic E-state index is 14.3. The molecule has 1 rings (SSSR count). The van der Waals surface area contributed by atoms with E-state index >= 15 is 0 Å². The molecule has 3 N–H and O–H groups in total. The standard InChI is InChI=1S/C16H24BrF2N3O2/c1-14(2,18)9-7-10(20)11(22-12(9)17)13(23)21-8-16(5,24-6)15(3,4)19/h7H,8,20H2,1-6H3,(H,21,23). The average Bonchev–Trinajstić information content (AvgIpc) is 2.43. The van der Waals surface area contributed by atoms with Crippen LogP contribution in [-0.4, -0.2) is 35.8 Å². The molecule has 1 aromatic heterocycles. The Kier molecular flexibility index (Phi) is 5.98. The number of nitrogen functional groups attached to an aromatic ring is 1. The summed E-state index contributed by atoms with van der Waals surface area (Å²) in [6.45, 7) is 6.92. The number of methoxy groups -OCH3 is 1. The van der Waals surface area contributed by atoms with Crippen LogP contribution in [0.5, 0.6) is 0 Å². The van der Waals surface area contributed by atoms with Gasteiger partial charge in [-0.15, -0.1) is 0 Å². The molecular weight excluding hydrogens is 384 g/mol. The average molecular weight is 408 g/mol. The van der Waals surface area contributed by atoms with Crippen LogP contribution in [0.15, 0.2) is 10.7 Å². The molecule has 136 valence electrons. The molecule has 0 radical (unpaired) electrons. The van der Waals surface area contributed by atoms with Gasteiger partial charge in [0, 0.05) is 19.2 Å². The lowest BCUT2D eigenvalue weighted by Crippen LogP contribution is -2.54. The van der Waals surface area contributed by atoms with E-state index < -0.39 is 22.8 Å². The quantitative estimate of drug-likeness (QED) is 0.707. The SMILES string of the molecule is COC(C)(CNC(=O)c1nc(Br)c(C(C)(C)F)cc1N)C(C)(C)F. The van der Waals surface area contributed by atoms with Gasteiger partial charge in [-0.25, -0.2) is 13.8 Å². The first-order valence-corrected chi connectivity index (χ1v) is 8.20. The summed E-state index contributed by atoms with van der Waals surface area (Å²) >= 11 is 3.15. The summed E-state index contributed by atoms with van der Waals surface area (Å²) in [5.41, 5.74) is 1.47. The highest BCUT2D eigenvalue weighted by molar-refractivity contribution is 9.10. The van der Waals surface area contributed by atoms with Crippen molar-refractivity contribution < 1.29 is 18.3 Å². The number of rotatable bonds is 6. The number of aromatic nitrogens is 1. The van der Waals surface area contributed by atoms with Gasteiger partial charge < -0.3 is 15.8 Å². The van der Waals surface area contributed by atoms with Gasteiger partial charge in [0.25, 0.3) is 5.91 Å². The van der Waals surface area contributed by atoms with E-state index in [0.29, 0.717) is 0 Å². The Morgan fingerprint density at radius 1 is 1.33 bits per heavy atom.